The van der Waals surface area contributed by atoms with E-state index in [-0.39, 0.29) is 47.9 Å². The van der Waals surface area contributed by atoms with Crippen LogP contribution in [-0.4, -0.2) is 57.4 Å². The number of hydrogen-bond donors (Lipinski definition) is 2. The van der Waals surface area contributed by atoms with Crippen molar-refractivity contribution in [2.75, 3.05) is 26.7 Å². The second-order valence-electron chi connectivity index (χ2n) is 6.13. The number of nitrogens with zero attached hydrogens (tertiary/aromatic N) is 1. The molecule has 2 rings (SSSR count). The van der Waals surface area contributed by atoms with Gasteiger partial charge in [0, 0.05) is 38.2 Å². The van der Waals surface area contributed by atoms with Crippen LogP contribution in [0.5, 0.6) is 0 Å². The summed E-state index contributed by atoms with van der Waals surface area (Å²) in [5, 5.41) is 2.43. The third kappa shape index (κ3) is 4.43. The largest absolute Gasteiger partial charge is 0.465 e. The maximum atomic E-state index is 13.0. The Labute approximate surface area is 152 Å². The lowest BCUT2D eigenvalue weighted by Gasteiger charge is -2.34. The summed E-state index contributed by atoms with van der Waals surface area (Å²) in [6.45, 7) is 2.28. The van der Waals surface area contributed by atoms with Crippen molar-refractivity contribution in [3.8, 4) is 0 Å². The van der Waals surface area contributed by atoms with Gasteiger partial charge >= 0.3 is 5.97 Å². The van der Waals surface area contributed by atoms with E-state index in [1.165, 1.54) is 24.4 Å². The van der Waals surface area contributed by atoms with Crippen molar-refractivity contribution >= 4 is 21.9 Å². The minimum atomic E-state index is -3.93. The molecule has 0 saturated carbocycles. The summed E-state index contributed by atoms with van der Waals surface area (Å²) in [5.41, 5.74) is 5.43. The molecule has 1 aromatic rings. The molecule has 0 aromatic carbocycles. The Morgan fingerprint density at radius 1 is 1.42 bits per heavy atom. The van der Waals surface area contributed by atoms with Gasteiger partial charge in [0.1, 0.15) is 11.3 Å². The van der Waals surface area contributed by atoms with Gasteiger partial charge in [-0.05, 0) is 19.8 Å². The van der Waals surface area contributed by atoms with Crippen molar-refractivity contribution in [2.45, 2.75) is 43.7 Å². The Hall–Kier alpha value is -1.91. The van der Waals surface area contributed by atoms with Crippen LogP contribution in [0.15, 0.2) is 15.6 Å². The zero-order valence-corrected chi connectivity index (χ0v) is 15.8. The topological polar surface area (TPSA) is 132 Å². The number of sulfonamides is 1. The Bertz CT molecular complexity index is 758. The molecule has 1 saturated heterocycles. The fourth-order valence-electron chi connectivity index (χ4n) is 2.96. The monoisotopic (exact) mass is 387 g/mol. The molecule has 10 heteroatoms. The van der Waals surface area contributed by atoms with Crippen LogP contribution < -0.4 is 11.1 Å². The van der Waals surface area contributed by atoms with Crippen molar-refractivity contribution in [1.82, 2.24) is 9.62 Å². The Morgan fingerprint density at radius 2 is 2.15 bits per heavy atom. The standard InChI is InChI=1S/C16H25N3O6S/c1-11-13(16(21)24-2)9-15(25-11)26(22,23)19-8-4-3-5-12(19)10-18-14(20)6-7-17/h9,12H,3-8,10,17H2,1-2H3,(H,18,20). The SMILES string of the molecule is COC(=O)c1cc(S(=O)(=O)N2CCCCC2CNC(=O)CCN)oc1C. The number of furan rings is 1. The minimum Gasteiger partial charge on any atom is -0.465 e. The lowest BCUT2D eigenvalue weighted by atomic mass is 10.1. The summed E-state index contributed by atoms with van der Waals surface area (Å²) < 4.78 is 37.3. The van der Waals surface area contributed by atoms with Crippen LogP contribution in [0.25, 0.3) is 0 Å². The molecule has 0 bridgehead atoms. The van der Waals surface area contributed by atoms with Crippen LogP contribution in [0.2, 0.25) is 0 Å². The maximum Gasteiger partial charge on any atom is 0.341 e. The number of nitrogens with one attached hydrogen (secondary N) is 1. The predicted molar refractivity (Wildman–Crippen MR) is 93.0 cm³/mol. The predicted octanol–water partition coefficient (Wildman–Crippen LogP) is 0.383. The van der Waals surface area contributed by atoms with E-state index in [2.05, 4.69) is 10.1 Å². The molecule has 1 unspecified atom stereocenters. The average molecular weight is 387 g/mol. The van der Waals surface area contributed by atoms with Crippen molar-refractivity contribution in [3.63, 3.8) is 0 Å². The number of esters is 1. The van der Waals surface area contributed by atoms with E-state index in [4.69, 9.17) is 10.2 Å². The van der Waals surface area contributed by atoms with Crippen LogP contribution in [0.3, 0.4) is 0 Å². The molecule has 3 N–H and O–H groups in total. The molecule has 0 radical (unpaired) electrons. The van der Waals surface area contributed by atoms with E-state index in [1.807, 2.05) is 0 Å². The highest BCUT2D eigenvalue weighted by molar-refractivity contribution is 7.89. The average Bonchev–Trinajstić information content (AvgIpc) is 3.02. The molecule has 2 heterocycles. The lowest BCUT2D eigenvalue weighted by Crippen LogP contribution is -2.49. The van der Waals surface area contributed by atoms with Gasteiger partial charge in [-0.1, -0.05) is 6.42 Å². The normalized spacial score (nSPS) is 18.5. The number of piperidine rings is 1. The molecule has 0 aliphatic carbocycles. The fourth-order valence-corrected chi connectivity index (χ4v) is 4.63. The van der Waals surface area contributed by atoms with Gasteiger partial charge in [-0.2, -0.15) is 4.31 Å². The van der Waals surface area contributed by atoms with Gasteiger partial charge in [-0.3, -0.25) is 4.79 Å². The Kier molecular flexibility index (Phi) is 6.79. The summed E-state index contributed by atoms with van der Waals surface area (Å²) in [6.07, 6.45) is 2.41. The van der Waals surface area contributed by atoms with Crippen LogP contribution in [0, 0.1) is 6.92 Å². The first-order valence-corrected chi connectivity index (χ1v) is 9.92. The Balaban J connectivity index is 2.22. The number of carbonyl (C=O) groups is 2. The Morgan fingerprint density at radius 3 is 2.81 bits per heavy atom. The van der Waals surface area contributed by atoms with Crippen LogP contribution in [0.1, 0.15) is 41.8 Å². The molecule has 146 valence electrons. The van der Waals surface area contributed by atoms with Gasteiger partial charge in [-0.15, -0.1) is 0 Å². The molecule has 1 aliphatic rings. The second kappa shape index (κ2) is 8.65. The van der Waals surface area contributed by atoms with E-state index in [0.717, 1.165) is 12.8 Å². The van der Waals surface area contributed by atoms with E-state index in [1.54, 1.807) is 0 Å². The number of amides is 1. The third-order valence-electron chi connectivity index (χ3n) is 4.34. The van der Waals surface area contributed by atoms with Crippen molar-refractivity contribution in [3.05, 3.63) is 17.4 Å². The highest BCUT2D eigenvalue weighted by Gasteiger charge is 2.36. The molecule has 1 amide bonds. The molecule has 1 aliphatic heterocycles. The first-order valence-electron chi connectivity index (χ1n) is 8.48. The number of rotatable bonds is 7. The molecular formula is C16H25N3O6S. The molecule has 1 atom stereocenters. The van der Waals surface area contributed by atoms with Gasteiger partial charge in [0.2, 0.25) is 11.0 Å². The molecular weight excluding hydrogens is 362 g/mol. The highest BCUT2D eigenvalue weighted by Crippen LogP contribution is 2.28. The van der Waals surface area contributed by atoms with E-state index < -0.39 is 16.0 Å². The number of aryl methyl sites for hydroxylation is 1. The lowest BCUT2D eigenvalue weighted by molar-refractivity contribution is -0.121. The summed E-state index contributed by atoms with van der Waals surface area (Å²) >= 11 is 0. The summed E-state index contributed by atoms with van der Waals surface area (Å²) in [7, 11) is -2.72. The zero-order valence-electron chi connectivity index (χ0n) is 15.0. The molecule has 1 aromatic heterocycles. The van der Waals surface area contributed by atoms with Crippen LogP contribution in [0.4, 0.5) is 0 Å². The third-order valence-corrected chi connectivity index (χ3v) is 6.15. The van der Waals surface area contributed by atoms with Crippen molar-refractivity contribution in [2.24, 2.45) is 5.73 Å². The van der Waals surface area contributed by atoms with E-state index in [0.29, 0.717) is 13.0 Å². The summed E-state index contributed by atoms with van der Waals surface area (Å²) in [5.74, 6) is -0.686. The van der Waals surface area contributed by atoms with Crippen molar-refractivity contribution in [1.29, 1.82) is 0 Å². The van der Waals surface area contributed by atoms with E-state index in [9.17, 15) is 18.0 Å². The number of ether oxygens (including phenoxy) is 1. The van der Waals surface area contributed by atoms with Gasteiger partial charge in [0.25, 0.3) is 10.0 Å². The number of carbonyl (C=O) groups excluding carboxylic acids is 2. The number of nitrogens with two attached hydrogens (primary N) is 1. The van der Waals surface area contributed by atoms with Gasteiger partial charge in [0.15, 0.2) is 0 Å². The summed E-state index contributed by atoms with van der Waals surface area (Å²) in [6, 6.07) is 0.817. The quantitative estimate of drug-likeness (QED) is 0.647. The first-order chi connectivity index (χ1) is 12.3. The molecule has 1 fully saturated rings. The van der Waals surface area contributed by atoms with Gasteiger partial charge < -0.3 is 20.2 Å². The molecule has 26 heavy (non-hydrogen) atoms. The zero-order chi connectivity index (χ0) is 19.3. The van der Waals surface area contributed by atoms with Gasteiger partial charge in [0.05, 0.1) is 7.11 Å². The number of methoxy groups -OCH3 is 1. The van der Waals surface area contributed by atoms with Crippen molar-refractivity contribution < 1.29 is 27.2 Å². The minimum absolute atomic E-state index is 0.0795. The second-order valence-corrected chi connectivity index (χ2v) is 7.96. The van der Waals surface area contributed by atoms with Crippen LogP contribution in [-0.2, 0) is 19.6 Å². The van der Waals surface area contributed by atoms with Crippen LogP contribution >= 0.6 is 0 Å². The van der Waals surface area contributed by atoms with E-state index >= 15 is 0 Å². The number of hydrogen-bond acceptors (Lipinski definition) is 7. The highest BCUT2D eigenvalue weighted by atomic mass is 32.2. The van der Waals surface area contributed by atoms with Gasteiger partial charge in [-0.25, -0.2) is 13.2 Å². The smallest absolute Gasteiger partial charge is 0.341 e. The maximum absolute atomic E-state index is 13.0. The fraction of sp³-hybridized carbons (Fsp3) is 0.625. The molecule has 0 spiro atoms. The summed E-state index contributed by atoms with van der Waals surface area (Å²) in [4.78, 5) is 23.3. The molecule has 9 nitrogen and oxygen atoms in total. The first kappa shape index (κ1) is 20.4.